The van der Waals surface area contributed by atoms with Gasteiger partial charge >= 0.3 is 0 Å². The highest BCUT2D eigenvalue weighted by atomic mass is 16.3. The fourth-order valence-electron chi connectivity index (χ4n) is 2.46. The molecule has 0 saturated heterocycles. The summed E-state index contributed by atoms with van der Waals surface area (Å²) >= 11 is 0. The second-order valence-electron chi connectivity index (χ2n) is 5.66. The first-order valence-electron chi connectivity index (χ1n) is 7.80. The van der Waals surface area contributed by atoms with Crippen molar-refractivity contribution in [2.24, 2.45) is 0 Å². The number of para-hydroxylation sites is 1. The topological polar surface area (TPSA) is 67.2 Å². The Bertz CT molecular complexity index is 841. The van der Waals surface area contributed by atoms with Crippen molar-refractivity contribution < 1.29 is 9.90 Å². The number of aryl methyl sites for hydroxylation is 1. The van der Waals surface area contributed by atoms with Gasteiger partial charge in [-0.25, -0.2) is 4.68 Å². The zero-order valence-electron chi connectivity index (χ0n) is 13.4. The number of nitrogens with zero attached hydrogens (tertiary/aromatic N) is 2. The summed E-state index contributed by atoms with van der Waals surface area (Å²) in [7, 11) is 0. The van der Waals surface area contributed by atoms with Gasteiger partial charge in [-0.3, -0.25) is 4.79 Å². The molecule has 0 aliphatic carbocycles. The number of rotatable bonds is 5. The van der Waals surface area contributed by atoms with Crippen molar-refractivity contribution in [3.05, 3.63) is 77.6 Å². The van der Waals surface area contributed by atoms with Crippen molar-refractivity contribution in [1.29, 1.82) is 0 Å². The summed E-state index contributed by atoms with van der Waals surface area (Å²) in [4.78, 5) is 12.1. The van der Waals surface area contributed by atoms with Crippen molar-refractivity contribution in [3.8, 4) is 11.4 Å². The Labute approximate surface area is 140 Å². The third-order valence-corrected chi connectivity index (χ3v) is 3.75. The summed E-state index contributed by atoms with van der Waals surface area (Å²) in [5, 5.41) is 17.0. The van der Waals surface area contributed by atoms with Crippen LogP contribution >= 0.6 is 0 Å². The first kappa shape index (κ1) is 15.8. The van der Waals surface area contributed by atoms with Gasteiger partial charge in [0, 0.05) is 12.7 Å². The molecule has 0 radical (unpaired) electrons. The van der Waals surface area contributed by atoms with Crippen LogP contribution in [0, 0.1) is 6.92 Å². The van der Waals surface area contributed by atoms with Crippen molar-refractivity contribution in [1.82, 2.24) is 15.1 Å². The van der Waals surface area contributed by atoms with Crippen molar-refractivity contribution >= 4 is 5.91 Å². The van der Waals surface area contributed by atoms with Crippen LogP contribution in [0.1, 0.15) is 21.5 Å². The number of phenolic OH excluding ortho intramolecular Hbond substituents is 1. The summed E-state index contributed by atoms with van der Waals surface area (Å²) in [6.07, 6.45) is 4.42. The number of hydrogen-bond donors (Lipinski definition) is 2. The van der Waals surface area contributed by atoms with Gasteiger partial charge in [0.1, 0.15) is 5.75 Å². The maximum Gasteiger partial charge on any atom is 0.255 e. The van der Waals surface area contributed by atoms with Crippen LogP contribution in [0.5, 0.6) is 5.75 Å². The highest BCUT2D eigenvalue weighted by Gasteiger charge is 2.10. The van der Waals surface area contributed by atoms with Crippen LogP contribution in [0.3, 0.4) is 0 Å². The monoisotopic (exact) mass is 321 g/mol. The Balaban J connectivity index is 1.57. The lowest BCUT2D eigenvalue weighted by molar-refractivity contribution is 0.0951. The number of benzene rings is 2. The molecule has 0 unspecified atom stereocenters. The van der Waals surface area contributed by atoms with E-state index in [0.29, 0.717) is 18.5 Å². The lowest BCUT2D eigenvalue weighted by atomic mass is 10.1. The maximum absolute atomic E-state index is 12.1. The summed E-state index contributed by atoms with van der Waals surface area (Å²) in [6, 6.07) is 14.9. The van der Waals surface area contributed by atoms with E-state index < -0.39 is 0 Å². The lowest BCUT2D eigenvalue weighted by Gasteiger charge is -2.06. The lowest BCUT2D eigenvalue weighted by Crippen LogP contribution is -2.25. The molecule has 0 atom stereocenters. The first-order chi connectivity index (χ1) is 11.6. The van der Waals surface area contributed by atoms with Crippen LogP contribution < -0.4 is 5.32 Å². The molecule has 1 heterocycles. The molecule has 3 rings (SSSR count). The summed E-state index contributed by atoms with van der Waals surface area (Å²) in [6.45, 7) is 2.35. The molecule has 5 heteroatoms. The van der Waals surface area contributed by atoms with Crippen molar-refractivity contribution in [2.45, 2.75) is 13.3 Å². The van der Waals surface area contributed by atoms with Crippen molar-refractivity contribution in [2.75, 3.05) is 6.54 Å². The van der Waals surface area contributed by atoms with Gasteiger partial charge in [-0.05, 0) is 48.7 Å². The minimum Gasteiger partial charge on any atom is -0.507 e. The quantitative estimate of drug-likeness (QED) is 0.759. The zero-order chi connectivity index (χ0) is 16.9. The van der Waals surface area contributed by atoms with E-state index in [1.54, 1.807) is 24.4 Å². The number of nitrogens with one attached hydrogen (secondary N) is 1. The molecule has 24 heavy (non-hydrogen) atoms. The highest BCUT2D eigenvalue weighted by molar-refractivity contribution is 5.96. The molecule has 2 aromatic carbocycles. The molecule has 0 aliphatic rings. The SMILES string of the molecule is Cc1ccc(C(=O)NCCc2cnn(-c3ccccc3)c2)c(O)c1. The predicted molar refractivity (Wildman–Crippen MR) is 92.4 cm³/mol. The molecule has 3 aromatic rings. The number of phenols is 1. The molecular formula is C19H19N3O2. The second-order valence-corrected chi connectivity index (χ2v) is 5.66. The predicted octanol–water partition coefficient (Wildman–Crippen LogP) is 2.86. The minimum absolute atomic E-state index is 0.00407. The smallest absolute Gasteiger partial charge is 0.255 e. The molecule has 0 aliphatic heterocycles. The van der Waals surface area contributed by atoms with Crippen LogP contribution in [0.4, 0.5) is 0 Å². The number of carbonyl (C=O) groups excluding carboxylic acids is 1. The van der Waals surface area contributed by atoms with E-state index in [1.807, 2.05) is 48.1 Å². The number of hydrogen-bond acceptors (Lipinski definition) is 3. The van der Waals surface area contributed by atoms with Gasteiger partial charge in [0.25, 0.3) is 5.91 Å². The van der Waals surface area contributed by atoms with Gasteiger partial charge in [-0.15, -0.1) is 0 Å². The molecule has 1 amide bonds. The average molecular weight is 321 g/mol. The molecule has 122 valence electrons. The number of carbonyl (C=O) groups is 1. The number of aromatic hydroxyl groups is 1. The highest BCUT2D eigenvalue weighted by Crippen LogP contribution is 2.18. The Morgan fingerprint density at radius 2 is 2.00 bits per heavy atom. The molecule has 0 fully saturated rings. The number of amides is 1. The van der Waals surface area contributed by atoms with E-state index in [-0.39, 0.29) is 11.7 Å². The molecule has 2 N–H and O–H groups in total. The van der Waals surface area contributed by atoms with Crippen LogP contribution in [-0.4, -0.2) is 27.3 Å². The second kappa shape index (κ2) is 7.00. The minimum atomic E-state index is -0.275. The fraction of sp³-hybridized carbons (Fsp3) is 0.158. The van der Waals surface area contributed by atoms with Gasteiger partial charge in [0.05, 0.1) is 17.4 Å². The van der Waals surface area contributed by atoms with E-state index in [4.69, 9.17) is 0 Å². The van der Waals surface area contributed by atoms with Gasteiger partial charge in [0.15, 0.2) is 0 Å². The fourth-order valence-corrected chi connectivity index (χ4v) is 2.46. The van der Waals surface area contributed by atoms with Gasteiger partial charge in [-0.1, -0.05) is 24.3 Å². The molecule has 0 spiro atoms. The maximum atomic E-state index is 12.1. The van der Waals surface area contributed by atoms with E-state index in [1.165, 1.54) is 0 Å². The third kappa shape index (κ3) is 3.63. The Hall–Kier alpha value is -3.08. The van der Waals surface area contributed by atoms with Gasteiger partial charge in [-0.2, -0.15) is 5.10 Å². The van der Waals surface area contributed by atoms with Crippen LogP contribution in [0.2, 0.25) is 0 Å². The van der Waals surface area contributed by atoms with Gasteiger partial charge < -0.3 is 10.4 Å². The summed E-state index contributed by atoms with van der Waals surface area (Å²) in [5.74, 6) is -0.271. The normalized spacial score (nSPS) is 10.5. The van der Waals surface area contributed by atoms with E-state index in [2.05, 4.69) is 10.4 Å². The van der Waals surface area contributed by atoms with Crippen LogP contribution in [-0.2, 0) is 6.42 Å². The zero-order valence-corrected chi connectivity index (χ0v) is 13.4. The Kier molecular flexibility index (Phi) is 4.61. The van der Waals surface area contributed by atoms with Gasteiger partial charge in [0.2, 0.25) is 0 Å². The largest absolute Gasteiger partial charge is 0.507 e. The molecule has 1 aromatic heterocycles. The number of aromatic nitrogens is 2. The van der Waals surface area contributed by atoms with Crippen LogP contribution in [0.25, 0.3) is 5.69 Å². The van der Waals surface area contributed by atoms with E-state index in [9.17, 15) is 9.90 Å². The Morgan fingerprint density at radius 1 is 1.21 bits per heavy atom. The molecule has 0 bridgehead atoms. The average Bonchev–Trinajstić information content (AvgIpc) is 3.04. The van der Waals surface area contributed by atoms with Crippen molar-refractivity contribution in [3.63, 3.8) is 0 Å². The summed E-state index contributed by atoms with van der Waals surface area (Å²) in [5.41, 5.74) is 3.24. The molecule has 0 saturated carbocycles. The standard InChI is InChI=1S/C19H19N3O2/c1-14-7-8-17(18(23)11-14)19(24)20-10-9-15-12-21-22(13-15)16-5-3-2-4-6-16/h2-8,11-13,23H,9-10H2,1H3,(H,20,24). The molecule has 5 nitrogen and oxygen atoms in total. The summed E-state index contributed by atoms with van der Waals surface area (Å²) < 4.78 is 1.81. The Morgan fingerprint density at radius 3 is 2.75 bits per heavy atom. The van der Waals surface area contributed by atoms with Crippen LogP contribution in [0.15, 0.2) is 60.9 Å². The van der Waals surface area contributed by atoms with E-state index in [0.717, 1.165) is 16.8 Å². The third-order valence-electron chi connectivity index (χ3n) is 3.75. The van der Waals surface area contributed by atoms with E-state index >= 15 is 0 Å². The first-order valence-corrected chi connectivity index (χ1v) is 7.80. The molecular weight excluding hydrogens is 302 g/mol.